The lowest BCUT2D eigenvalue weighted by molar-refractivity contribution is -0.0254. The van der Waals surface area contributed by atoms with Crippen LogP contribution in [0.3, 0.4) is 0 Å². The van der Waals surface area contributed by atoms with Crippen LogP contribution in [-0.2, 0) is 47.4 Å². The summed E-state index contributed by atoms with van der Waals surface area (Å²) in [4.78, 5) is 13.3. The molecule has 0 heterocycles. The standard InChI is InChI=1S/C31H63NO11/c1-6-7-8-9-10-12-34-14-16-36-18-20-38-22-24-40-26-28-42-29-27-41-25-23-39-21-19-37-17-15-35-13-11-32(5)30(33)43-31(2,3)4/h6-29H2,1-5H3. The first-order chi connectivity index (χ1) is 20.9. The first-order valence-corrected chi connectivity index (χ1v) is 16.0. The van der Waals surface area contributed by atoms with Crippen LogP contribution in [0.25, 0.3) is 0 Å². The van der Waals surface area contributed by atoms with E-state index in [2.05, 4.69) is 6.92 Å². The summed E-state index contributed by atoms with van der Waals surface area (Å²) in [6, 6.07) is 0. The van der Waals surface area contributed by atoms with Crippen LogP contribution in [0.1, 0.15) is 59.8 Å². The fraction of sp³-hybridized carbons (Fsp3) is 0.968. The fourth-order valence-corrected chi connectivity index (χ4v) is 3.30. The van der Waals surface area contributed by atoms with Gasteiger partial charge < -0.3 is 52.3 Å². The number of ether oxygens (including phenoxy) is 10. The Morgan fingerprint density at radius 3 is 1.09 bits per heavy atom. The number of likely N-dealkylation sites (N-methyl/N-ethyl adjacent to an activating group) is 1. The van der Waals surface area contributed by atoms with E-state index in [1.165, 1.54) is 30.6 Å². The van der Waals surface area contributed by atoms with Gasteiger partial charge in [0.2, 0.25) is 0 Å². The van der Waals surface area contributed by atoms with Gasteiger partial charge in [0.1, 0.15) is 5.60 Å². The summed E-state index contributed by atoms with van der Waals surface area (Å²) in [5.41, 5.74) is -0.505. The number of hydrogen-bond donors (Lipinski definition) is 0. The van der Waals surface area contributed by atoms with Gasteiger partial charge in [-0.2, -0.15) is 0 Å². The smallest absolute Gasteiger partial charge is 0.410 e. The highest BCUT2D eigenvalue weighted by molar-refractivity contribution is 5.67. The second-order valence-corrected chi connectivity index (χ2v) is 10.8. The number of hydrogen-bond acceptors (Lipinski definition) is 11. The Bertz CT molecular complexity index is 578. The number of amides is 1. The maximum absolute atomic E-state index is 11.8. The van der Waals surface area contributed by atoms with Crippen molar-refractivity contribution < 1.29 is 52.2 Å². The van der Waals surface area contributed by atoms with E-state index in [0.717, 1.165) is 13.0 Å². The normalized spacial score (nSPS) is 11.7. The Morgan fingerprint density at radius 1 is 0.465 bits per heavy atom. The maximum atomic E-state index is 11.8. The SMILES string of the molecule is CCCCCCCOCCOCCOCCOCCOCCOCCOCCOCCOCCN(C)C(=O)OC(C)(C)C. The molecule has 12 nitrogen and oxygen atoms in total. The Morgan fingerprint density at radius 2 is 0.767 bits per heavy atom. The molecule has 0 aliphatic carbocycles. The summed E-state index contributed by atoms with van der Waals surface area (Å²) in [6.07, 6.45) is 5.91. The van der Waals surface area contributed by atoms with Crippen LogP contribution >= 0.6 is 0 Å². The van der Waals surface area contributed by atoms with E-state index in [-0.39, 0.29) is 6.09 Å². The molecule has 0 fully saturated rings. The number of carbonyl (C=O) groups excluding carboxylic acids is 1. The van der Waals surface area contributed by atoms with Gasteiger partial charge in [-0.25, -0.2) is 4.79 Å². The van der Waals surface area contributed by atoms with Gasteiger partial charge in [0.15, 0.2) is 0 Å². The van der Waals surface area contributed by atoms with E-state index in [9.17, 15) is 4.79 Å². The lowest BCUT2D eigenvalue weighted by atomic mass is 10.2. The third-order valence-electron chi connectivity index (χ3n) is 5.64. The molecule has 0 bridgehead atoms. The van der Waals surface area contributed by atoms with Crippen molar-refractivity contribution in [3.63, 3.8) is 0 Å². The lowest BCUT2D eigenvalue weighted by Crippen LogP contribution is -2.36. The summed E-state index contributed by atoms with van der Waals surface area (Å²) >= 11 is 0. The summed E-state index contributed by atoms with van der Waals surface area (Å²) < 4.78 is 54.7. The highest BCUT2D eigenvalue weighted by atomic mass is 16.6. The minimum Gasteiger partial charge on any atom is -0.444 e. The van der Waals surface area contributed by atoms with Gasteiger partial charge in [0.05, 0.1) is 112 Å². The molecule has 0 radical (unpaired) electrons. The highest BCUT2D eigenvalue weighted by Gasteiger charge is 2.19. The average Bonchev–Trinajstić information content (AvgIpc) is 2.96. The van der Waals surface area contributed by atoms with E-state index < -0.39 is 5.60 Å². The van der Waals surface area contributed by atoms with Gasteiger partial charge in [-0.1, -0.05) is 32.6 Å². The molecular weight excluding hydrogens is 562 g/mol. The summed E-state index contributed by atoms with van der Waals surface area (Å²) in [5, 5.41) is 0. The second kappa shape index (κ2) is 32.3. The van der Waals surface area contributed by atoms with E-state index in [1.807, 2.05) is 20.8 Å². The number of unbranched alkanes of at least 4 members (excludes halogenated alkanes) is 4. The molecule has 0 spiro atoms. The molecule has 0 aliphatic heterocycles. The Hall–Kier alpha value is -1.09. The van der Waals surface area contributed by atoms with E-state index >= 15 is 0 Å². The van der Waals surface area contributed by atoms with E-state index in [1.54, 1.807) is 7.05 Å². The molecule has 0 atom stereocenters. The monoisotopic (exact) mass is 625 g/mol. The van der Waals surface area contributed by atoms with Gasteiger partial charge in [-0.15, -0.1) is 0 Å². The maximum Gasteiger partial charge on any atom is 0.410 e. The van der Waals surface area contributed by atoms with Crippen LogP contribution in [0, 0.1) is 0 Å². The van der Waals surface area contributed by atoms with Crippen LogP contribution in [0.5, 0.6) is 0 Å². The lowest BCUT2D eigenvalue weighted by Gasteiger charge is -2.24. The summed E-state index contributed by atoms with van der Waals surface area (Å²) in [5.74, 6) is 0. The molecule has 0 aromatic heterocycles. The molecule has 0 aromatic carbocycles. The van der Waals surface area contributed by atoms with Crippen LogP contribution in [-0.4, -0.2) is 149 Å². The predicted molar refractivity (Wildman–Crippen MR) is 165 cm³/mol. The van der Waals surface area contributed by atoms with Gasteiger partial charge in [0.25, 0.3) is 0 Å². The third kappa shape index (κ3) is 35.3. The summed E-state index contributed by atoms with van der Waals surface area (Å²) in [6.45, 7) is 17.8. The molecule has 43 heavy (non-hydrogen) atoms. The van der Waals surface area contributed by atoms with Gasteiger partial charge in [-0.05, 0) is 27.2 Å². The van der Waals surface area contributed by atoms with Crippen molar-refractivity contribution in [1.82, 2.24) is 4.90 Å². The third-order valence-corrected chi connectivity index (χ3v) is 5.64. The molecule has 258 valence electrons. The number of carbonyl (C=O) groups is 1. The van der Waals surface area contributed by atoms with E-state index in [0.29, 0.717) is 119 Å². The quantitative estimate of drug-likeness (QED) is 0.0988. The Kier molecular flexibility index (Phi) is 31.5. The molecule has 1 amide bonds. The van der Waals surface area contributed by atoms with Crippen molar-refractivity contribution in [3.8, 4) is 0 Å². The topological polar surface area (TPSA) is 113 Å². The first kappa shape index (κ1) is 41.9. The molecule has 0 rings (SSSR count). The van der Waals surface area contributed by atoms with Crippen molar-refractivity contribution >= 4 is 6.09 Å². The predicted octanol–water partition coefficient (Wildman–Crippen LogP) is 3.97. The van der Waals surface area contributed by atoms with Crippen molar-refractivity contribution in [2.75, 3.05) is 133 Å². The average molecular weight is 626 g/mol. The van der Waals surface area contributed by atoms with Crippen molar-refractivity contribution in [3.05, 3.63) is 0 Å². The molecule has 0 unspecified atom stereocenters. The van der Waals surface area contributed by atoms with Crippen LogP contribution in [0.4, 0.5) is 4.79 Å². The van der Waals surface area contributed by atoms with Crippen LogP contribution < -0.4 is 0 Å². The minimum absolute atomic E-state index is 0.360. The van der Waals surface area contributed by atoms with Crippen LogP contribution in [0.2, 0.25) is 0 Å². The second-order valence-electron chi connectivity index (χ2n) is 10.8. The Labute approximate surface area is 261 Å². The largest absolute Gasteiger partial charge is 0.444 e. The highest BCUT2D eigenvalue weighted by Crippen LogP contribution is 2.08. The van der Waals surface area contributed by atoms with E-state index in [4.69, 9.17) is 47.4 Å². The Balaban J connectivity index is 3.14. The summed E-state index contributed by atoms with van der Waals surface area (Å²) in [7, 11) is 1.69. The van der Waals surface area contributed by atoms with Gasteiger partial charge in [0, 0.05) is 20.2 Å². The molecule has 12 heteroatoms. The molecular formula is C31H63NO11. The molecule has 0 saturated heterocycles. The molecule has 0 aliphatic rings. The number of nitrogens with zero attached hydrogens (tertiary/aromatic N) is 1. The molecule has 0 N–H and O–H groups in total. The van der Waals surface area contributed by atoms with Gasteiger partial charge >= 0.3 is 6.09 Å². The minimum atomic E-state index is -0.505. The van der Waals surface area contributed by atoms with Crippen molar-refractivity contribution in [2.45, 2.75) is 65.4 Å². The van der Waals surface area contributed by atoms with Gasteiger partial charge in [-0.3, -0.25) is 0 Å². The fourth-order valence-electron chi connectivity index (χ4n) is 3.30. The van der Waals surface area contributed by atoms with Crippen LogP contribution in [0.15, 0.2) is 0 Å². The first-order valence-electron chi connectivity index (χ1n) is 16.0. The van der Waals surface area contributed by atoms with Crippen molar-refractivity contribution in [1.29, 1.82) is 0 Å². The zero-order valence-corrected chi connectivity index (χ0v) is 27.9. The molecule has 0 aromatic rings. The van der Waals surface area contributed by atoms with Crippen molar-refractivity contribution in [2.24, 2.45) is 0 Å². The zero-order valence-electron chi connectivity index (χ0n) is 27.9. The zero-order chi connectivity index (χ0) is 31.7. The molecule has 0 saturated carbocycles. The number of rotatable bonds is 33.